The normalized spacial score (nSPS) is 35.9. The highest BCUT2D eigenvalue weighted by Crippen LogP contribution is 2.47. The third kappa shape index (κ3) is 2.48. The maximum atomic E-state index is 12.4. The standard InChI is InChI=1S/C14H24N2O3/c1-3-6-14(2,13(18)19)16-12(17)10-8-4-5-9(7-8)11(10)15/h8-11H,3-7,15H2,1-2H3,(H,16,17)(H,18,19). The average Bonchev–Trinajstić information content (AvgIpc) is 2.89. The van der Waals surface area contributed by atoms with Gasteiger partial charge in [0.05, 0.1) is 5.92 Å². The van der Waals surface area contributed by atoms with Crippen molar-refractivity contribution < 1.29 is 14.7 Å². The van der Waals surface area contributed by atoms with E-state index < -0.39 is 11.5 Å². The first-order valence-electron chi connectivity index (χ1n) is 7.20. The smallest absolute Gasteiger partial charge is 0.329 e. The van der Waals surface area contributed by atoms with Crippen LogP contribution in [0.2, 0.25) is 0 Å². The van der Waals surface area contributed by atoms with Crippen molar-refractivity contribution in [3.63, 3.8) is 0 Å². The number of carboxylic acid groups (broad SMARTS) is 1. The number of rotatable bonds is 5. The van der Waals surface area contributed by atoms with E-state index in [2.05, 4.69) is 5.32 Å². The Morgan fingerprint density at radius 2 is 2.00 bits per heavy atom. The molecule has 5 nitrogen and oxygen atoms in total. The molecule has 0 aromatic carbocycles. The lowest BCUT2D eigenvalue weighted by molar-refractivity contribution is -0.148. The summed E-state index contributed by atoms with van der Waals surface area (Å²) in [5, 5.41) is 12.0. The monoisotopic (exact) mass is 268 g/mol. The first kappa shape index (κ1) is 14.3. The molecule has 108 valence electrons. The summed E-state index contributed by atoms with van der Waals surface area (Å²) in [5.74, 6) is -0.547. The Kier molecular flexibility index (Phi) is 3.85. The maximum absolute atomic E-state index is 12.4. The number of amides is 1. The molecular formula is C14H24N2O3. The largest absolute Gasteiger partial charge is 0.480 e. The van der Waals surface area contributed by atoms with Gasteiger partial charge < -0.3 is 16.2 Å². The van der Waals surface area contributed by atoms with Crippen LogP contribution in [0.5, 0.6) is 0 Å². The average molecular weight is 268 g/mol. The molecule has 5 heteroatoms. The molecule has 0 aromatic heterocycles. The minimum Gasteiger partial charge on any atom is -0.480 e. The SMILES string of the molecule is CCCC(C)(NC(=O)C1C2CCC(C2)C1N)C(=O)O. The summed E-state index contributed by atoms with van der Waals surface area (Å²) < 4.78 is 0. The fourth-order valence-corrected chi connectivity index (χ4v) is 3.80. The van der Waals surface area contributed by atoms with Crippen LogP contribution in [0.1, 0.15) is 46.0 Å². The number of carboxylic acids is 1. The number of hydrogen-bond donors (Lipinski definition) is 3. The Morgan fingerprint density at radius 3 is 2.47 bits per heavy atom. The van der Waals surface area contributed by atoms with Gasteiger partial charge in [-0.1, -0.05) is 13.3 Å². The number of aliphatic carboxylic acids is 1. The van der Waals surface area contributed by atoms with Crippen molar-refractivity contribution >= 4 is 11.9 Å². The minimum atomic E-state index is -1.17. The van der Waals surface area contributed by atoms with Crippen LogP contribution in [-0.2, 0) is 9.59 Å². The Hall–Kier alpha value is -1.10. The third-order valence-electron chi connectivity index (χ3n) is 4.90. The van der Waals surface area contributed by atoms with Gasteiger partial charge in [0.2, 0.25) is 5.91 Å². The van der Waals surface area contributed by atoms with Crippen LogP contribution < -0.4 is 11.1 Å². The molecule has 2 fully saturated rings. The lowest BCUT2D eigenvalue weighted by atomic mass is 9.83. The molecule has 0 radical (unpaired) electrons. The van der Waals surface area contributed by atoms with E-state index in [0.717, 1.165) is 19.3 Å². The number of nitrogens with two attached hydrogens (primary N) is 1. The summed E-state index contributed by atoms with van der Waals surface area (Å²) in [6.07, 6.45) is 4.33. The van der Waals surface area contributed by atoms with Gasteiger partial charge >= 0.3 is 5.97 Å². The minimum absolute atomic E-state index is 0.0987. The highest BCUT2D eigenvalue weighted by molar-refractivity contribution is 5.88. The molecule has 0 heterocycles. The summed E-state index contributed by atoms with van der Waals surface area (Å²) in [5.41, 5.74) is 4.95. The predicted octanol–water partition coefficient (Wildman–Crippen LogP) is 1.12. The Labute approximate surface area is 113 Å². The molecule has 0 aliphatic heterocycles. The summed E-state index contributed by atoms with van der Waals surface area (Å²) in [6, 6.07) is -0.0987. The highest BCUT2D eigenvalue weighted by Gasteiger charge is 2.50. The van der Waals surface area contributed by atoms with E-state index in [9.17, 15) is 14.7 Å². The van der Waals surface area contributed by atoms with Crippen molar-refractivity contribution in [3.8, 4) is 0 Å². The van der Waals surface area contributed by atoms with E-state index in [1.165, 1.54) is 0 Å². The molecule has 2 rings (SSSR count). The number of hydrogen-bond acceptors (Lipinski definition) is 3. The van der Waals surface area contributed by atoms with Crippen molar-refractivity contribution in [1.82, 2.24) is 5.32 Å². The second-order valence-corrected chi connectivity index (χ2v) is 6.31. The van der Waals surface area contributed by atoms with Gasteiger partial charge in [-0.05, 0) is 44.4 Å². The number of nitrogens with one attached hydrogen (secondary N) is 1. The van der Waals surface area contributed by atoms with Gasteiger partial charge in [0.25, 0.3) is 0 Å². The maximum Gasteiger partial charge on any atom is 0.329 e. The number of fused-ring (bicyclic) bond motifs is 2. The molecular weight excluding hydrogens is 244 g/mol. The van der Waals surface area contributed by atoms with Gasteiger partial charge in [0.1, 0.15) is 5.54 Å². The van der Waals surface area contributed by atoms with Gasteiger partial charge in [-0.2, -0.15) is 0 Å². The molecule has 0 aromatic rings. The van der Waals surface area contributed by atoms with Gasteiger partial charge in [-0.15, -0.1) is 0 Å². The molecule has 0 saturated heterocycles. The van der Waals surface area contributed by atoms with Gasteiger partial charge in [-0.25, -0.2) is 4.79 Å². The predicted molar refractivity (Wildman–Crippen MR) is 71.4 cm³/mol. The second kappa shape index (κ2) is 5.12. The Balaban J connectivity index is 2.06. The summed E-state index contributed by atoms with van der Waals surface area (Å²) in [6.45, 7) is 3.49. The van der Waals surface area contributed by atoms with Crippen LogP contribution in [0.4, 0.5) is 0 Å². The van der Waals surface area contributed by atoms with Crippen LogP contribution in [0.15, 0.2) is 0 Å². The summed E-state index contributed by atoms with van der Waals surface area (Å²) in [4.78, 5) is 23.7. The highest BCUT2D eigenvalue weighted by atomic mass is 16.4. The zero-order valence-electron chi connectivity index (χ0n) is 11.7. The van der Waals surface area contributed by atoms with E-state index in [-0.39, 0.29) is 17.9 Å². The van der Waals surface area contributed by atoms with Crippen molar-refractivity contribution in [3.05, 3.63) is 0 Å². The first-order chi connectivity index (χ1) is 8.89. The summed E-state index contributed by atoms with van der Waals surface area (Å²) in [7, 11) is 0. The van der Waals surface area contributed by atoms with Crippen molar-refractivity contribution in [2.45, 2.75) is 57.5 Å². The van der Waals surface area contributed by atoms with Crippen molar-refractivity contribution in [2.75, 3.05) is 0 Å². The van der Waals surface area contributed by atoms with E-state index >= 15 is 0 Å². The van der Waals surface area contributed by atoms with E-state index in [4.69, 9.17) is 5.73 Å². The molecule has 19 heavy (non-hydrogen) atoms. The van der Waals surface area contributed by atoms with Gasteiger partial charge in [0.15, 0.2) is 0 Å². The number of carbonyl (C=O) groups is 2. The van der Waals surface area contributed by atoms with E-state index in [0.29, 0.717) is 24.7 Å². The third-order valence-corrected chi connectivity index (χ3v) is 4.90. The van der Waals surface area contributed by atoms with Crippen LogP contribution >= 0.6 is 0 Å². The van der Waals surface area contributed by atoms with Crippen LogP contribution in [0, 0.1) is 17.8 Å². The fourth-order valence-electron chi connectivity index (χ4n) is 3.80. The van der Waals surface area contributed by atoms with Gasteiger partial charge in [0, 0.05) is 6.04 Å². The molecule has 1 amide bonds. The quantitative estimate of drug-likeness (QED) is 0.696. The Morgan fingerprint density at radius 1 is 1.37 bits per heavy atom. The molecule has 5 atom stereocenters. The molecule has 0 spiro atoms. The molecule has 2 aliphatic carbocycles. The zero-order valence-corrected chi connectivity index (χ0v) is 11.7. The Bertz CT molecular complexity index is 383. The van der Waals surface area contributed by atoms with Crippen molar-refractivity contribution in [1.29, 1.82) is 0 Å². The second-order valence-electron chi connectivity index (χ2n) is 6.31. The topological polar surface area (TPSA) is 92.4 Å². The van der Waals surface area contributed by atoms with E-state index in [1.807, 2.05) is 6.92 Å². The summed E-state index contributed by atoms with van der Waals surface area (Å²) >= 11 is 0. The lowest BCUT2D eigenvalue weighted by Gasteiger charge is -2.32. The van der Waals surface area contributed by atoms with Crippen LogP contribution in [0.25, 0.3) is 0 Å². The molecule has 4 N–H and O–H groups in total. The van der Waals surface area contributed by atoms with E-state index in [1.54, 1.807) is 6.92 Å². The van der Waals surface area contributed by atoms with Gasteiger partial charge in [-0.3, -0.25) is 4.79 Å². The molecule has 5 unspecified atom stereocenters. The zero-order chi connectivity index (χ0) is 14.2. The first-order valence-corrected chi connectivity index (χ1v) is 7.20. The van der Waals surface area contributed by atoms with Crippen LogP contribution in [-0.4, -0.2) is 28.6 Å². The fraction of sp³-hybridized carbons (Fsp3) is 0.857. The molecule has 2 saturated carbocycles. The number of carbonyl (C=O) groups excluding carboxylic acids is 1. The lowest BCUT2D eigenvalue weighted by Crippen LogP contribution is -2.56. The molecule has 2 aliphatic rings. The van der Waals surface area contributed by atoms with Crippen LogP contribution in [0.3, 0.4) is 0 Å². The molecule has 2 bridgehead atoms. The van der Waals surface area contributed by atoms with Crippen molar-refractivity contribution in [2.24, 2.45) is 23.5 Å².